The van der Waals surface area contributed by atoms with E-state index < -0.39 is 0 Å². The Labute approximate surface area is 158 Å². The first-order valence-electron chi connectivity index (χ1n) is 9.07. The van der Waals surface area contributed by atoms with Crippen LogP contribution < -0.4 is 4.90 Å². The fourth-order valence-corrected chi connectivity index (χ4v) is 3.16. The van der Waals surface area contributed by atoms with Gasteiger partial charge in [-0.05, 0) is 31.2 Å². The van der Waals surface area contributed by atoms with Crippen molar-refractivity contribution in [2.75, 3.05) is 31.1 Å². The van der Waals surface area contributed by atoms with Crippen LogP contribution in [0.25, 0.3) is 11.3 Å². The third-order valence-corrected chi connectivity index (χ3v) is 4.77. The van der Waals surface area contributed by atoms with Crippen LogP contribution in [-0.4, -0.2) is 52.2 Å². The Morgan fingerprint density at radius 3 is 2.30 bits per heavy atom. The average Bonchev–Trinajstić information content (AvgIpc) is 2.75. The number of piperazine rings is 1. The third kappa shape index (κ3) is 3.79. The molecule has 4 rings (SSSR count). The molecule has 0 N–H and O–H groups in total. The normalized spacial score (nSPS) is 14.3. The van der Waals surface area contributed by atoms with Gasteiger partial charge in [-0.2, -0.15) is 0 Å². The molecule has 0 saturated carbocycles. The Balaban J connectivity index is 1.39. The van der Waals surface area contributed by atoms with Gasteiger partial charge in [-0.1, -0.05) is 35.9 Å². The van der Waals surface area contributed by atoms with Crippen molar-refractivity contribution in [1.29, 1.82) is 0 Å². The maximum atomic E-state index is 12.5. The largest absolute Gasteiger partial charge is 0.352 e. The molecule has 3 aromatic rings. The van der Waals surface area contributed by atoms with Gasteiger partial charge in [-0.25, -0.2) is 0 Å². The van der Waals surface area contributed by atoms with E-state index in [1.54, 1.807) is 12.3 Å². The van der Waals surface area contributed by atoms with E-state index in [0.29, 0.717) is 18.8 Å². The SMILES string of the molecule is Cc1ccc(-c2ccc(N3CCN(C(=O)c4ccccn4)CC3)nn2)cc1. The lowest BCUT2D eigenvalue weighted by Crippen LogP contribution is -2.49. The van der Waals surface area contributed by atoms with Crippen LogP contribution in [0.1, 0.15) is 16.1 Å². The lowest BCUT2D eigenvalue weighted by atomic mass is 10.1. The molecular weight excluding hydrogens is 338 g/mol. The predicted octanol–water partition coefficient (Wildman–Crippen LogP) is 2.81. The molecular formula is C21H21N5O. The van der Waals surface area contributed by atoms with E-state index in [-0.39, 0.29) is 5.91 Å². The molecule has 1 aliphatic rings. The predicted molar refractivity (Wildman–Crippen MR) is 105 cm³/mol. The lowest BCUT2D eigenvalue weighted by molar-refractivity contribution is 0.0740. The number of carbonyl (C=O) groups excluding carboxylic acids is 1. The molecule has 0 spiro atoms. The van der Waals surface area contributed by atoms with Crippen molar-refractivity contribution in [2.45, 2.75) is 6.92 Å². The van der Waals surface area contributed by atoms with Crippen molar-refractivity contribution in [1.82, 2.24) is 20.1 Å². The van der Waals surface area contributed by atoms with E-state index in [1.165, 1.54) is 5.56 Å². The monoisotopic (exact) mass is 359 g/mol. The van der Waals surface area contributed by atoms with Crippen molar-refractivity contribution in [3.63, 3.8) is 0 Å². The van der Waals surface area contributed by atoms with Crippen molar-refractivity contribution >= 4 is 11.7 Å². The highest BCUT2D eigenvalue weighted by Crippen LogP contribution is 2.20. The first-order chi connectivity index (χ1) is 13.2. The zero-order chi connectivity index (χ0) is 18.6. The van der Waals surface area contributed by atoms with Crippen LogP contribution >= 0.6 is 0 Å². The van der Waals surface area contributed by atoms with Gasteiger partial charge in [0.25, 0.3) is 5.91 Å². The summed E-state index contributed by atoms with van der Waals surface area (Å²) in [7, 11) is 0. The Morgan fingerprint density at radius 1 is 0.889 bits per heavy atom. The minimum absolute atomic E-state index is 0.0175. The molecule has 27 heavy (non-hydrogen) atoms. The lowest BCUT2D eigenvalue weighted by Gasteiger charge is -2.35. The van der Waals surface area contributed by atoms with Crippen LogP contribution in [0.5, 0.6) is 0 Å². The number of aryl methyl sites for hydroxylation is 1. The molecule has 1 saturated heterocycles. The highest BCUT2D eigenvalue weighted by atomic mass is 16.2. The van der Waals surface area contributed by atoms with Crippen LogP contribution in [-0.2, 0) is 0 Å². The summed E-state index contributed by atoms with van der Waals surface area (Å²) in [5, 5.41) is 8.76. The fourth-order valence-electron chi connectivity index (χ4n) is 3.16. The summed E-state index contributed by atoms with van der Waals surface area (Å²) in [6.45, 7) is 4.83. The number of rotatable bonds is 3. The molecule has 0 atom stereocenters. The van der Waals surface area contributed by atoms with E-state index in [0.717, 1.165) is 30.2 Å². The Hall–Kier alpha value is -3.28. The minimum Gasteiger partial charge on any atom is -0.352 e. The minimum atomic E-state index is -0.0175. The maximum absolute atomic E-state index is 12.5. The molecule has 1 fully saturated rings. The number of aromatic nitrogens is 3. The van der Waals surface area contributed by atoms with Gasteiger partial charge >= 0.3 is 0 Å². The molecule has 1 aliphatic heterocycles. The second kappa shape index (κ2) is 7.53. The molecule has 136 valence electrons. The number of carbonyl (C=O) groups is 1. The van der Waals surface area contributed by atoms with E-state index in [9.17, 15) is 4.79 Å². The van der Waals surface area contributed by atoms with Gasteiger partial charge in [-0.15, -0.1) is 10.2 Å². The van der Waals surface area contributed by atoms with E-state index >= 15 is 0 Å². The van der Waals surface area contributed by atoms with Crippen LogP contribution in [0.3, 0.4) is 0 Å². The average molecular weight is 359 g/mol. The van der Waals surface area contributed by atoms with Gasteiger partial charge in [0.2, 0.25) is 0 Å². The third-order valence-electron chi connectivity index (χ3n) is 4.77. The van der Waals surface area contributed by atoms with Gasteiger partial charge in [0.1, 0.15) is 5.69 Å². The number of benzene rings is 1. The second-order valence-electron chi connectivity index (χ2n) is 6.64. The summed E-state index contributed by atoms with van der Waals surface area (Å²) >= 11 is 0. The second-order valence-corrected chi connectivity index (χ2v) is 6.64. The quantitative estimate of drug-likeness (QED) is 0.720. The molecule has 0 unspecified atom stereocenters. The van der Waals surface area contributed by atoms with Gasteiger partial charge in [0, 0.05) is 37.9 Å². The smallest absolute Gasteiger partial charge is 0.272 e. The Bertz CT molecular complexity index is 902. The molecule has 3 heterocycles. The molecule has 1 amide bonds. The fraction of sp³-hybridized carbons (Fsp3) is 0.238. The summed E-state index contributed by atoms with van der Waals surface area (Å²) < 4.78 is 0. The van der Waals surface area contributed by atoms with E-state index in [1.807, 2.05) is 29.2 Å². The van der Waals surface area contributed by atoms with Gasteiger partial charge < -0.3 is 9.80 Å². The Kier molecular flexibility index (Phi) is 4.78. The highest BCUT2D eigenvalue weighted by molar-refractivity contribution is 5.92. The van der Waals surface area contributed by atoms with E-state index in [4.69, 9.17) is 0 Å². The topological polar surface area (TPSA) is 62.2 Å². The molecule has 0 bridgehead atoms. The zero-order valence-corrected chi connectivity index (χ0v) is 15.2. The summed E-state index contributed by atoms with van der Waals surface area (Å²) in [5.74, 6) is 0.826. The van der Waals surface area contributed by atoms with Gasteiger partial charge in [0.05, 0.1) is 5.69 Å². The van der Waals surface area contributed by atoms with Gasteiger partial charge in [-0.3, -0.25) is 9.78 Å². The van der Waals surface area contributed by atoms with Crippen molar-refractivity contribution < 1.29 is 4.79 Å². The first kappa shape index (κ1) is 17.1. The molecule has 0 radical (unpaired) electrons. The van der Waals surface area contributed by atoms with Crippen molar-refractivity contribution in [3.8, 4) is 11.3 Å². The standard InChI is InChI=1S/C21H21N5O/c1-16-5-7-17(8-6-16)18-9-10-20(24-23-18)25-12-14-26(15-13-25)21(27)19-4-2-3-11-22-19/h2-11H,12-15H2,1H3. The number of hydrogen-bond donors (Lipinski definition) is 0. The molecule has 0 aliphatic carbocycles. The molecule has 1 aromatic carbocycles. The molecule has 6 heteroatoms. The molecule has 6 nitrogen and oxygen atoms in total. The van der Waals surface area contributed by atoms with Crippen molar-refractivity contribution in [2.24, 2.45) is 0 Å². The van der Waals surface area contributed by atoms with Crippen LogP contribution in [0, 0.1) is 6.92 Å². The number of pyridine rings is 1. The summed E-state index contributed by atoms with van der Waals surface area (Å²) in [6, 6.07) is 17.7. The van der Waals surface area contributed by atoms with Crippen LogP contribution in [0.4, 0.5) is 5.82 Å². The zero-order valence-electron chi connectivity index (χ0n) is 15.2. The highest BCUT2D eigenvalue weighted by Gasteiger charge is 2.23. The summed E-state index contributed by atoms with van der Waals surface area (Å²) in [4.78, 5) is 20.6. The summed E-state index contributed by atoms with van der Waals surface area (Å²) in [5.41, 5.74) is 3.64. The Morgan fingerprint density at radius 2 is 1.67 bits per heavy atom. The van der Waals surface area contributed by atoms with Gasteiger partial charge in [0.15, 0.2) is 5.82 Å². The van der Waals surface area contributed by atoms with Crippen LogP contribution in [0.15, 0.2) is 60.8 Å². The number of hydrogen-bond acceptors (Lipinski definition) is 5. The van der Waals surface area contributed by atoms with Crippen LogP contribution in [0.2, 0.25) is 0 Å². The number of anilines is 1. The first-order valence-corrected chi connectivity index (χ1v) is 9.07. The maximum Gasteiger partial charge on any atom is 0.272 e. The number of nitrogens with zero attached hydrogens (tertiary/aromatic N) is 5. The summed E-state index contributed by atoms with van der Waals surface area (Å²) in [6.07, 6.45) is 1.65. The van der Waals surface area contributed by atoms with E-state index in [2.05, 4.69) is 51.3 Å². The van der Waals surface area contributed by atoms with Crippen molar-refractivity contribution in [3.05, 3.63) is 72.1 Å². The number of amides is 1. The molecule has 2 aromatic heterocycles.